The van der Waals surface area contributed by atoms with Gasteiger partial charge in [0.2, 0.25) is 0 Å². The summed E-state index contributed by atoms with van der Waals surface area (Å²) in [5.74, 6) is -0.624. The number of fused-ring (bicyclic) bond motifs is 1. The lowest BCUT2D eigenvalue weighted by molar-refractivity contribution is -0.119. The molecule has 45 heavy (non-hydrogen) atoms. The molecule has 14 heteroatoms. The van der Waals surface area contributed by atoms with Gasteiger partial charge in [0.15, 0.2) is 18.1 Å². The summed E-state index contributed by atoms with van der Waals surface area (Å²) in [6, 6.07) is 22.2. The first-order valence-electron chi connectivity index (χ1n) is 13.5. The standard InChI is InChI=1S/C31H26ClFN4O7S/c32-26-3-1-2-4-27(26)35-31(39)20-44-24-11-5-21(6-12-24)18-34-36-30(38)19-37(23-9-7-22(33)8-10-23)45(40,41)25-13-14-28-29(17-25)43-16-15-42-28/h1-14,17-18H,15-16,19-20H2,(H,35,39)(H,36,38)/b34-18-. The van der Waals surface area contributed by atoms with Crippen LogP contribution in [0.3, 0.4) is 0 Å². The van der Waals surface area contributed by atoms with E-state index < -0.39 is 28.3 Å². The minimum Gasteiger partial charge on any atom is -0.486 e. The third kappa shape index (κ3) is 8.08. The highest BCUT2D eigenvalue weighted by Gasteiger charge is 2.29. The van der Waals surface area contributed by atoms with Gasteiger partial charge in [0.25, 0.3) is 21.8 Å². The molecule has 0 spiro atoms. The molecule has 0 radical (unpaired) electrons. The number of halogens is 2. The molecule has 0 aliphatic carbocycles. The summed E-state index contributed by atoms with van der Waals surface area (Å²) in [5.41, 5.74) is 3.44. The zero-order chi connectivity index (χ0) is 31.8. The van der Waals surface area contributed by atoms with Crippen LogP contribution in [0, 0.1) is 5.82 Å². The maximum absolute atomic E-state index is 13.6. The second-order valence-corrected chi connectivity index (χ2v) is 11.7. The summed E-state index contributed by atoms with van der Waals surface area (Å²) in [7, 11) is -4.30. The number of sulfonamides is 1. The Balaban J connectivity index is 1.20. The number of nitrogens with zero attached hydrogens (tertiary/aromatic N) is 2. The Morgan fingerprint density at radius 2 is 1.64 bits per heavy atom. The quantitative estimate of drug-likeness (QED) is 0.178. The lowest BCUT2D eigenvalue weighted by Gasteiger charge is -2.25. The fourth-order valence-corrected chi connectivity index (χ4v) is 5.75. The lowest BCUT2D eigenvalue weighted by Crippen LogP contribution is -2.39. The van der Waals surface area contributed by atoms with Gasteiger partial charge in [-0.1, -0.05) is 23.7 Å². The van der Waals surface area contributed by atoms with E-state index in [1.54, 1.807) is 48.5 Å². The molecule has 0 atom stereocenters. The average Bonchev–Trinajstić information content (AvgIpc) is 3.04. The van der Waals surface area contributed by atoms with Crippen LogP contribution >= 0.6 is 11.6 Å². The topological polar surface area (TPSA) is 136 Å². The van der Waals surface area contributed by atoms with Gasteiger partial charge in [-0.15, -0.1) is 0 Å². The zero-order valence-electron chi connectivity index (χ0n) is 23.5. The predicted octanol–water partition coefficient (Wildman–Crippen LogP) is 4.61. The summed E-state index contributed by atoms with van der Waals surface area (Å²) in [4.78, 5) is 24.9. The Kier molecular flexibility index (Phi) is 9.80. The van der Waals surface area contributed by atoms with Gasteiger partial charge in [0, 0.05) is 6.07 Å². The maximum atomic E-state index is 13.6. The number of ether oxygens (including phenoxy) is 3. The SMILES string of the molecule is O=C(CN(c1ccc(F)cc1)S(=O)(=O)c1ccc2c(c1)OCCO2)N/N=C\c1ccc(OCC(=O)Nc2ccccc2Cl)cc1. The third-order valence-electron chi connectivity index (χ3n) is 6.30. The van der Waals surface area contributed by atoms with Gasteiger partial charge in [0.1, 0.15) is 31.3 Å². The first-order valence-corrected chi connectivity index (χ1v) is 15.3. The molecule has 11 nitrogen and oxygen atoms in total. The van der Waals surface area contributed by atoms with Crippen molar-refractivity contribution < 1.29 is 36.6 Å². The molecular weight excluding hydrogens is 627 g/mol. The van der Waals surface area contributed by atoms with Crippen LogP contribution in [0.15, 0.2) is 101 Å². The van der Waals surface area contributed by atoms with Crippen LogP contribution < -0.4 is 29.3 Å². The van der Waals surface area contributed by atoms with Gasteiger partial charge in [-0.3, -0.25) is 13.9 Å². The highest BCUT2D eigenvalue weighted by molar-refractivity contribution is 7.92. The molecule has 232 valence electrons. The lowest BCUT2D eigenvalue weighted by atomic mass is 10.2. The molecule has 0 saturated carbocycles. The van der Waals surface area contributed by atoms with E-state index in [2.05, 4.69) is 15.8 Å². The highest BCUT2D eigenvalue weighted by atomic mass is 35.5. The van der Waals surface area contributed by atoms with Crippen LogP contribution in [0.4, 0.5) is 15.8 Å². The van der Waals surface area contributed by atoms with Crippen molar-refractivity contribution in [1.82, 2.24) is 5.43 Å². The number of hydrazone groups is 1. The van der Waals surface area contributed by atoms with Crippen LogP contribution in [-0.4, -0.2) is 52.8 Å². The van der Waals surface area contributed by atoms with Crippen molar-refractivity contribution in [2.75, 3.05) is 36.0 Å². The number of nitrogens with one attached hydrogen (secondary N) is 2. The number of carbonyl (C=O) groups is 2. The number of amides is 2. The molecular formula is C31H26ClFN4O7S. The van der Waals surface area contributed by atoms with Crippen molar-refractivity contribution >= 4 is 51.0 Å². The zero-order valence-corrected chi connectivity index (χ0v) is 25.1. The molecule has 0 bridgehead atoms. The van der Waals surface area contributed by atoms with Gasteiger partial charge < -0.3 is 19.5 Å². The molecule has 0 aromatic heterocycles. The predicted molar refractivity (Wildman–Crippen MR) is 166 cm³/mol. The number of hydrogen-bond donors (Lipinski definition) is 2. The molecule has 4 aromatic rings. The molecule has 0 unspecified atom stereocenters. The minimum atomic E-state index is -4.30. The van der Waals surface area contributed by atoms with E-state index in [0.29, 0.717) is 34.4 Å². The van der Waals surface area contributed by atoms with Crippen LogP contribution in [0.25, 0.3) is 0 Å². The number of benzene rings is 4. The number of rotatable bonds is 11. The molecule has 0 fully saturated rings. The van der Waals surface area contributed by atoms with Gasteiger partial charge in [-0.25, -0.2) is 18.2 Å². The fourth-order valence-electron chi connectivity index (χ4n) is 4.13. The summed E-state index contributed by atoms with van der Waals surface area (Å²) in [5, 5.41) is 6.98. The second kappa shape index (κ2) is 14.1. The molecule has 2 N–H and O–H groups in total. The van der Waals surface area contributed by atoms with E-state index in [-0.39, 0.29) is 35.5 Å². The van der Waals surface area contributed by atoms with E-state index >= 15 is 0 Å². The van der Waals surface area contributed by atoms with Gasteiger partial charge >= 0.3 is 0 Å². The first kappa shape index (κ1) is 31.3. The van der Waals surface area contributed by atoms with Crippen molar-refractivity contribution in [2.24, 2.45) is 5.10 Å². The van der Waals surface area contributed by atoms with Gasteiger partial charge in [-0.2, -0.15) is 5.10 Å². The summed E-state index contributed by atoms with van der Waals surface area (Å²) in [6.45, 7) is -0.295. The number of hydrogen-bond acceptors (Lipinski definition) is 8. The van der Waals surface area contributed by atoms with E-state index in [0.717, 1.165) is 16.4 Å². The molecule has 1 aliphatic rings. The van der Waals surface area contributed by atoms with E-state index in [4.69, 9.17) is 25.8 Å². The summed E-state index contributed by atoms with van der Waals surface area (Å²) < 4.78 is 58.2. The monoisotopic (exact) mass is 652 g/mol. The number of anilines is 2. The third-order valence-corrected chi connectivity index (χ3v) is 8.40. The molecule has 4 aromatic carbocycles. The van der Waals surface area contributed by atoms with Crippen LogP contribution in [0.5, 0.6) is 17.2 Å². The Morgan fingerprint density at radius 1 is 0.933 bits per heavy atom. The fraction of sp³-hybridized carbons (Fsp3) is 0.129. The average molecular weight is 653 g/mol. The number of carbonyl (C=O) groups excluding carboxylic acids is 2. The smallest absolute Gasteiger partial charge is 0.264 e. The first-order chi connectivity index (χ1) is 21.7. The van der Waals surface area contributed by atoms with Crippen molar-refractivity contribution in [2.45, 2.75) is 4.90 Å². The largest absolute Gasteiger partial charge is 0.486 e. The second-order valence-electron chi connectivity index (χ2n) is 9.47. The molecule has 1 heterocycles. The van der Waals surface area contributed by atoms with Crippen molar-refractivity contribution in [3.8, 4) is 17.2 Å². The van der Waals surface area contributed by atoms with Crippen molar-refractivity contribution in [3.05, 3.63) is 107 Å². The number of para-hydroxylation sites is 1. The van der Waals surface area contributed by atoms with Crippen LogP contribution in [-0.2, 0) is 19.6 Å². The van der Waals surface area contributed by atoms with Crippen molar-refractivity contribution in [1.29, 1.82) is 0 Å². The van der Waals surface area contributed by atoms with E-state index in [1.807, 2.05) is 0 Å². The summed E-state index contributed by atoms with van der Waals surface area (Å²) >= 11 is 6.04. The van der Waals surface area contributed by atoms with Crippen LogP contribution in [0.2, 0.25) is 5.02 Å². The van der Waals surface area contributed by atoms with E-state index in [1.165, 1.54) is 36.5 Å². The minimum absolute atomic E-state index is 0.0709. The normalized spacial score (nSPS) is 12.4. The molecule has 2 amide bonds. The Labute approximate surface area is 263 Å². The van der Waals surface area contributed by atoms with Crippen molar-refractivity contribution in [3.63, 3.8) is 0 Å². The van der Waals surface area contributed by atoms with Gasteiger partial charge in [0.05, 0.1) is 27.5 Å². The molecule has 5 rings (SSSR count). The molecule has 1 aliphatic heterocycles. The van der Waals surface area contributed by atoms with Gasteiger partial charge in [-0.05, 0) is 78.4 Å². The Bertz CT molecular complexity index is 1820. The maximum Gasteiger partial charge on any atom is 0.264 e. The Hall–Kier alpha value is -5.14. The summed E-state index contributed by atoms with van der Waals surface area (Å²) in [6.07, 6.45) is 1.35. The highest BCUT2D eigenvalue weighted by Crippen LogP contribution is 2.34. The van der Waals surface area contributed by atoms with E-state index in [9.17, 15) is 22.4 Å². The van der Waals surface area contributed by atoms with Crippen LogP contribution in [0.1, 0.15) is 5.56 Å². The molecule has 0 saturated heterocycles. The Morgan fingerprint density at radius 3 is 2.38 bits per heavy atom.